The Morgan fingerprint density at radius 1 is 1.28 bits per heavy atom. The molecular formula is C16H20O2. The van der Waals surface area contributed by atoms with E-state index in [9.17, 15) is 4.79 Å². The fourth-order valence-electron chi connectivity index (χ4n) is 1.54. The van der Waals surface area contributed by atoms with Crippen molar-refractivity contribution in [1.82, 2.24) is 0 Å². The van der Waals surface area contributed by atoms with Gasteiger partial charge in [0.25, 0.3) is 0 Å². The van der Waals surface area contributed by atoms with E-state index in [4.69, 9.17) is 4.74 Å². The predicted molar refractivity (Wildman–Crippen MR) is 75.1 cm³/mol. The van der Waals surface area contributed by atoms with Gasteiger partial charge in [0.15, 0.2) is 0 Å². The largest absolute Gasteiger partial charge is 0.466 e. The van der Waals surface area contributed by atoms with Crippen LogP contribution in [0.2, 0.25) is 0 Å². The Balaban J connectivity index is 2.15. The summed E-state index contributed by atoms with van der Waals surface area (Å²) in [5.74, 6) is -0.230. The lowest BCUT2D eigenvalue weighted by molar-refractivity contribution is -0.140. The molecule has 0 spiro atoms. The van der Waals surface area contributed by atoms with Crippen LogP contribution in [-0.2, 0) is 9.53 Å². The molecule has 0 bridgehead atoms. The van der Waals surface area contributed by atoms with Gasteiger partial charge < -0.3 is 4.74 Å². The molecule has 18 heavy (non-hydrogen) atoms. The zero-order valence-corrected chi connectivity index (χ0v) is 10.9. The third-order valence-corrected chi connectivity index (χ3v) is 2.54. The Morgan fingerprint density at radius 2 is 2.00 bits per heavy atom. The van der Waals surface area contributed by atoms with Gasteiger partial charge in [-0.1, -0.05) is 54.6 Å². The van der Waals surface area contributed by atoms with Gasteiger partial charge in [0.05, 0.1) is 6.61 Å². The molecule has 0 amide bonds. The fourth-order valence-corrected chi connectivity index (χ4v) is 1.54. The number of hydrogen-bond acceptors (Lipinski definition) is 2. The lowest BCUT2D eigenvalue weighted by Gasteiger charge is -2.04. The Morgan fingerprint density at radius 3 is 2.67 bits per heavy atom. The topological polar surface area (TPSA) is 26.3 Å². The van der Waals surface area contributed by atoms with Crippen LogP contribution in [0.15, 0.2) is 48.6 Å². The second-order valence-corrected chi connectivity index (χ2v) is 4.19. The smallest absolute Gasteiger partial charge is 0.302 e. The van der Waals surface area contributed by atoms with Crippen molar-refractivity contribution in [2.75, 3.05) is 6.61 Å². The van der Waals surface area contributed by atoms with E-state index in [0.29, 0.717) is 6.61 Å². The fraction of sp³-hybridized carbons (Fsp3) is 0.312. The summed E-state index contributed by atoms with van der Waals surface area (Å²) in [6.07, 6.45) is 6.91. The van der Waals surface area contributed by atoms with Crippen molar-refractivity contribution in [3.63, 3.8) is 0 Å². The van der Waals surface area contributed by atoms with E-state index in [1.54, 1.807) is 0 Å². The molecule has 0 aliphatic heterocycles. The monoisotopic (exact) mass is 244 g/mol. The molecule has 0 radical (unpaired) electrons. The summed E-state index contributed by atoms with van der Waals surface area (Å²) in [7, 11) is 0. The van der Waals surface area contributed by atoms with Crippen molar-refractivity contribution in [1.29, 1.82) is 0 Å². The molecule has 0 aliphatic rings. The van der Waals surface area contributed by atoms with Crippen LogP contribution >= 0.6 is 0 Å². The first-order chi connectivity index (χ1) is 8.68. The molecule has 1 aromatic rings. The average Bonchev–Trinajstić information content (AvgIpc) is 2.35. The van der Waals surface area contributed by atoms with Crippen LogP contribution in [0.25, 0.3) is 6.08 Å². The van der Waals surface area contributed by atoms with Crippen molar-refractivity contribution in [2.24, 2.45) is 0 Å². The molecule has 1 aromatic carbocycles. The first-order valence-corrected chi connectivity index (χ1v) is 6.20. The molecule has 0 heterocycles. The summed E-state index contributed by atoms with van der Waals surface area (Å²) < 4.78 is 4.87. The second kappa shape index (κ2) is 8.29. The number of allylic oxidation sites excluding steroid dienone is 1. The molecule has 0 saturated carbocycles. The number of benzene rings is 1. The summed E-state index contributed by atoms with van der Waals surface area (Å²) in [6.45, 7) is 5.83. The molecule has 0 aromatic heterocycles. The molecule has 1 rings (SSSR count). The van der Waals surface area contributed by atoms with Crippen molar-refractivity contribution >= 4 is 12.0 Å². The molecule has 96 valence electrons. The lowest BCUT2D eigenvalue weighted by atomic mass is 10.1. The number of esters is 1. The van der Waals surface area contributed by atoms with Crippen LogP contribution in [-0.4, -0.2) is 12.6 Å². The first-order valence-electron chi connectivity index (χ1n) is 6.20. The number of carbonyl (C=O) groups excluding carboxylic acids is 1. The van der Waals surface area contributed by atoms with Gasteiger partial charge in [0.2, 0.25) is 0 Å². The third kappa shape index (κ3) is 6.69. The van der Waals surface area contributed by atoms with Gasteiger partial charge in [-0.3, -0.25) is 4.79 Å². The van der Waals surface area contributed by atoms with Crippen molar-refractivity contribution in [3.8, 4) is 0 Å². The Bertz CT molecular complexity index is 404. The van der Waals surface area contributed by atoms with E-state index >= 15 is 0 Å². The summed E-state index contributed by atoms with van der Waals surface area (Å²) in [6, 6.07) is 10.2. The van der Waals surface area contributed by atoms with Gasteiger partial charge in [0, 0.05) is 13.3 Å². The highest BCUT2D eigenvalue weighted by molar-refractivity contribution is 5.65. The summed E-state index contributed by atoms with van der Waals surface area (Å²) in [5, 5.41) is 0. The minimum Gasteiger partial charge on any atom is -0.466 e. The molecule has 0 saturated heterocycles. The highest BCUT2D eigenvalue weighted by atomic mass is 16.5. The minimum absolute atomic E-state index is 0.230. The van der Waals surface area contributed by atoms with Crippen LogP contribution in [0.5, 0.6) is 0 Å². The molecule has 0 fully saturated rings. The maximum Gasteiger partial charge on any atom is 0.302 e. The predicted octanol–water partition coefficient (Wildman–Crippen LogP) is 3.99. The number of ether oxygens (including phenoxy) is 1. The zero-order valence-electron chi connectivity index (χ0n) is 10.9. The molecule has 0 unspecified atom stereocenters. The van der Waals surface area contributed by atoms with Crippen LogP contribution < -0.4 is 0 Å². The van der Waals surface area contributed by atoms with E-state index < -0.39 is 0 Å². The van der Waals surface area contributed by atoms with Gasteiger partial charge in [-0.05, 0) is 18.4 Å². The summed E-state index contributed by atoms with van der Waals surface area (Å²) in [4.78, 5) is 10.6. The van der Waals surface area contributed by atoms with Crippen LogP contribution in [0, 0.1) is 0 Å². The first kappa shape index (κ1) is 14.2. The quantitative estimate of drug-likeness (QED) is 0.535. The average molecular weight is 244 g/mol. The number of carbonyl (C=O) groups is 1. The highest BCUT2D eigenvalue weighted by Gasteiger charge is 1.96. The van der Waals surface area contributed by atoms with Gasteiger partial charge in [-0.25, -0.2) is 0 Å². The van der Waals surface area contributed by atoms with Gasteiger partial charge in [-0.15, -0.1) is 0 Å². The van der Waals surface area contributed by atoms with Gasteiger partial charge in [-0.2, -0.15) is 0 Å². The van der Waals surface area contributed by atoms with E-state index in [-0.39, 0.29) is 5.97 Å². The Kier molecular flexibility index (Phi) is 6.55. The standard InChI is InChI=1S/C16H20O2/c1-14(12-13-18-15(2)17)8-6-7-11-16-9-4-3-5-10-16/h3-5,7,9-11H,1,6,8,12-13H2,2H3/b11-7+. The van der Waals surface area contributed by atoms with Crippen LogP contribution in [0.3, 0.4) is 0 Å². The maximum atomic E-state index is 10.6. The molecule has 0 atom stereocenters. The maximum absolute atomic E-state index is 10.6. The zero-order chi connectivity index (χ0) is 13.2. The van der Waals surface area contributed by atoms with Crippen molar-refractivity contribution in [2.45, 2.75) is 26.2 Å². The summed E-state index contributed by atoms with van der Waals surface area (Å²) in [5.41, 5.74) is 2.33. The van der Waals surface area contributed by atoms with Gasteiger partial charge >= 0.3 is 5.97 Å². The van der Waals surface area contributed by atoms with Crippen molar-refractivity contribution < 1.29 is 9.53 Å². The molecule has 0 aliphatic carbocycles. The SMILES string of the molecule is C=C(CC/C=C/c1ccccc1)CCOC(C)=O. The van der Waals surface area contributed by atoms with Crippen molar-refractivity contribution in [3.05, 3.63) is 54.1 Å². The Hall–Kier alpha value is -1.83. The lowest BCUT2D eigenvalue weighted by Crippen LogP contribution is -2.01. The van der Waals surface area contributed by atoms with E-state index in [1.807, 2.05) is 18.2 Å². The molecule has 2 heteroatoms. The second-order valence-electron chi connectivity index (χ2n) is 4.19. The molecule has 2 nitrogen and oxygen atoms in total. The van der Waals surface area contributed by atoms with Gasteiger partial charge in [0.1, 0.15) is 0 Å². The minimum atomic E-state index is -0.230. The summed E-state index contributed by atoms with van der Waals surface area (Å²) >= 11 is 0. The molecular weight excluding hydrogens is 224 g/mol. The Labute approximate surface area is 109 Å². The third-order valence-electron chi connectivity index (χ3n) is 2.54. The highest BCUT2D eigenvalue weighted by Crippen LogP contribution is 2.09. The molecule has 0 N–H and O–H groups in total. The normalized spacial score (nSPS) is 10.5. The van der Waals surface area contributed by atoms with Crippen LogP contribution in [0.1, 0.15) is 31.7 Å². The number of hydrogen-bond donors (Lipinski definition) is 0. The number of rotatable bonds is 7. The van der Waals surface area contributed by atoms with Crippen LogP contribution in [0.4, 0.5) is 0 Å². The van der Waals surface area contributed by atoms with E-state index in [1.165, 1.54) is 12.5 Å². The van der Waals surface area contributed by atoms with E-state index in [2.05, 4.69) is 30.9 Å². The van der Waals surface area contributed by atoms with E-state index in [0.717, 1.165) is 24.8 Å².